The first-order valence-electron chi connectivity index (χ1n) is 12.1. The van der Waals surface area contributed by atoms with Crippen LogP contribution in [0.2, 0.25) is 5.02 Å². The highest BCUT2D eigenvalue weighted by atomic mass is 35.5. The Morgan fingerprint density at radius 3 is 2.14 bits per heavy atom. The van der Waals surface area contributed by atoms with Crippen LogP contribution in [0.1, 0.15) is 21.6 Å². The van der Waals surface area contributed by atoms with Gasteiger partial charge in [-0.3, -0.25) is 14.6 Å². The number of benzene rings is 3. The standard InChI is InChI=1S/C21H16ClF3N4O3.C8H8O2/c1-26-19(30)18-11-15(8-9-27-18)32-14-5-2-12(3-6-14)28-20(31)29-13-4-7-17(22)16(10-13)21(23,24)25;9-8(10)6-7-4-2-1-3-5-7/h2-11H,1H3,(H,26,30)(H2,28,29,31);1-5H,6H2,(H,9,10). The van der Waals surface area contributed by atoms with Gasteiger partial charge in [0.25, 0.3) is 5.91 Å². The van der Waals surface area contributed by atoms with Gasteiger partial charge < -0.3 is 25.8 Å². The quantitative estimate of drug-likeness (QED) is 0.183. The van der Waals surface area contributed by atoms with Gasteiger partial charge in [0.15, 0.2) is 0 Å². The van der Waals surface area contributed by atoms with E-state index in [-0.39, 0.29) is 23.7 Å². The number of hydrogen-bond acceptors (Lipinski definition) is 5. The third-order valence-electron chi connectivity index (χ3n) is 5.27. The molecule has 13 heteroatoms. The lowest BCUT2D eigenvalue weighted by molar-refractivity contribution is -0.137. The highest BCUT2D eigenvalue weighted by Gasteiger charge is 2.33. The minimum Gasteiger partial charge on any atom is -0.481 e. The third kappa shape index (κ3) is 9.82. The molecule has 4 aromatic rings. The van der Waals surface area contributed by atoms with Crippen molar-refractivity contribution in [2.45, 2.75) is 12.6 Å². The minimum atomic E-state index is -4.64. The third-order valence-corrected chi connectivity index (χ3v) is 5.60. The Morgan fingerprint density at radius 2 is 1.52 bits per heavy atom. The highest BCUT2D eigenvalue weighted by molar-refractivity contribution is 6.31. The molecule has 0 saturated heterocycles. The van der Waals surface area contributed by atoms with E-state index < -0.39 is 28.8 Å². The fourth-order valence-electron chi connectivity index (χ4n) is 3.35. The predicted molar refractivity (Wildman–Crippen MR) is 151 cm³/mol. The second-order valence-corrected chi connectivity index (χ2v) is 8.82. The van der Waals surface area contributed by atoms with Crippen molar-refractivity contribution in [2.24, 2.45) is 0 Å². The molecule has 0 bridgehead atoms. The van der Waals surface area contributed by atoms with E-state index in [0.29, 0.717) is 17.2 Å². The van der Waals surface area contributed by atoms with Crippen molar-refractivity contribution in [1.29, 1.82) is 0 Å². The van der Waals surface area contributed by atoms with E-state index in [0.717, 1.165) is 17.7 Å². The van der Waals surface area contributed by atoms with Crippen LogP contribution >= 0.6 is 11.6 Å². The number of amides is 3. The summed E-state index contributed by atoms with van der Waals surface area (Å²) in [7, 11) is 1.49. The number of rotatable bonds is 7. The van der Waals surface area contributed by atoms with Crippen molar-refractivity contribution in [1.82, 2.24) is 10.3 Å². The van der Waals surface area contributed by atoms with Crippen molar-refractivity contribution in [3.63, 3.8) is 0 Å². The minimum absolute atomic E-state index is 0.0659. The zero-order chi connectivity index (χ0) is 30.7. The number of anilines is 2. The van der Waals surface area contributed by atoms with Gasteiger partial charge in [-0.15, -0.1) is 0 Å². The molecule has 0 radical (unpaired) electrons. The van der Waals surface area contributed by atoms with Crippen LogP contribution in [0.25, 0.3) is 0 Å². The second kappa shape index (κ2) is 14.5. The highest BCUT2D eigenvalue weighted by Crippen LogP contribution is 2.36. The van der Waals surface area contributed by atoms with Crippen LogP contribution < -0.4 is 20.7 Å². The molecule has 3 amide bonds. The molecule has 4 rings (SSSR count). The van der Waals surface area contributed by atoms with Crippen LogP contribution in [-0.2, 0) is 17.4 Å². The molecule has 3 aromatic carbocycles. The lowest BCUT2D eigenvalue weighted by atomic mass is 10.2. The van der Waals surface area contributed by atoms with Crippen LogP contribution in [0.4, 0.5) is 29.3 Å². The average molecular weight is 601 g/mol. The van der Waals surface area contributed by atoms with Gasteiger partial charge in [0.05, 0.1) is 17.0 Å². The number of carboxylic acid groups (broad SMARTS) is 1. The molecule has 0 aliphatic heterocycles. The Balaban J connectivity index is 0.000000408. The maximum Gasteiger partial charge on any atom is 0.417 e. The fraction of sp³-hybridized carbons (Fsp3) is 0.103. The number of aromatic nitrogens is 1. The van der Waals surface area contributed by atoms with E-state index in [4.69, 9.17) is 21.4 Å². The molecule has 9 nitrogen and oxygen atoms in total. The van der Waals surface area contributed by atoms with Crippen molar-refractivity contribution >= 4 is 40.9 Å². The number of pyridine rings is 1. The zero-order valence-electron chi connectivity index (χ0n) is 21.9. The first kappa shape index (κ1) is 31.4. The number of ether oxygens (including phenoxy) is 1. The van der Waals surface area contributed by atoms with E-state index in [2.05, 4.69) is 20.9 Å². The first-order chi connectivity index (χ1) is 19.9. The molecule has 218 valence electrons. The van der Waals surface area contributed by atoms with E-state index in [1.165, 1.54) is 25.4 Å². The molecule has 0 unspecified atom stereocenters. The van der Waals surface area contributed by atoms with Gasteiger partial charge in [-0.05, 0) is 54.1 Å². The number of nitrogens with zero attached hydrogens (tertiary/aromatic N) is 1. The van der Waals surface area contributed by atoms with Crippen LogP contribution in [0.5, 0.6) is 11.5 Å². The van der Waals surface area contributed by atoms with Gasteiger partial charge >= 0.3 is 18.2 Å². The molecule has 0 fully saturated rings. The van der Waals surface area contributed by atoms with E-state index in [1.54, 1.807) is 42.5 Å². The van der Waals surface area contributed by atoms with E-state index in [1.807, 2.05) is 18.2 Å². The molecule has 0 aliphatic carbocycles. The lowest BCUT2D eigenvalue weighted by Gasteiger charge is -2.12. The number of alkyl halides is 3. The van der Waals surface area contributed by atoms with Gasteiger partial charge in [0.2, 0.25) is 0 Å². The average Bonchev–Trinajstić information content (AvgIpc) is 2.95. The normalized spacial score (nSPS) is 10.5. The summed E-state index contributed by atoms with van der Waals surface area (Å²) in [4.78, 5) is 37.9. The molecule has 4 N–H and O–H groups in total. The first-order valence-corrected chi connectivity index (χ1v) is 12.5. The summed E-state index contributed by atoms with van der Waals surface area (Å²) in [6.07, 6.45) is -3.10. The van der Waals surface area contributed by atoms with Crippen molar-refractivity contribution < 1.29 is 37.4 Å². The van der Waals surface area contributed by atoms with Gasteiger partial charge in [0, 0.05) is 30.7 Å². The summed E-state index contributed by atoms with van der Waals surface area (Å²) >= 11 is 5.57. The zero-order valence-corrected chi connectivity index (χ0v) is 22.7. The van der Waals surface area contributed by atoms with Crippen molar-refractivity contribution in [3.05, 3.63) is 113 Å². The molecule has 42 heavy (non-hydrogen) atoms. The van der Waals surface area contributed by atoms with Gasteiger partial charge in [0.1, 0.15) is 17.2 Å². The number of urea groups is 1. The number of halogens is 4. The molecule has 1 aromatic heterocycles. The lowest BCUT2D eigenvalue weighted by Crippen LogP contribution is -2.19. The number of hydrogen-bond donors (Lipinski definition) is 4. The number of aliphatic carboxylic acids is 1. The number of carboxylic acids is 1. The van der Waals surface area contributed by atoms with E-state index >= 15 is 0 Å². The molecule has 0 spiro atoms. The summed E-state index contributed by atoms with van der Waals surface area (Å²) in [5, 5.41) is 15.2. The summed E-state index contributed by atoms with van der Waals surface area (Å²) < 4.78 is 44.5. The molecule has 0 saturated carbocycles. The van der Waals surface area contributed by atoms with Gasteiger partial charge in [-0.2, -0.15) is 13.2 Å². The Hall–Kier alpha value is -5.10. The Labute approximate surface area is 243 Å². The maximum atomic E-state index is 12.9. The summed E-state index contributed by atoms with van der Waals surface area (Å²) in [6, 6.07) is 20.7. The van der Waals surface area contributed by atoms with Crippen LogP contribution in [-0.4, -0.2) is 35.0 Å². The number of carbonyl (C=O) groups is 3. The number of nitrogens with one attached hydrogen (secondary N) is 3. The Bertz CT molecular complexity index is 1530. The number of carbonyl (C=O) groups excluding carboxylic acids is 2. The molecule has 1 heterocycles. The Morgan fingerprint density at radius 1 is 0.881 bits per heavy atom. The molecular formula is C29H24ClF3N4O5. The largest absolute Gasteiger partial charge is 0.481 e. The van der Waals surface area contributed by atoms with Crippen LogP contribution in [0.15, 0.2) is 91.1 Å². The molecule has 0 aliphatic rings. The second-order valence-electron chi connectivity index (χ2n) is 8.41. The van der Waals surface area contributed by atoms with Crippen LogP contribution in [0.3, 0.4) is 0 Å². The topological polar surface area (TPSA) is 130 Å². The predicted octanol–water partition coefficient (Wildman–Crippen LogP) is 6.86. The monoisotopic (exact) mass is 600 g/mol. The van der Waals surface area contributed by atoms with Crippen molar-refractivity contribution in [3.8, 4) is 11.5 Å². The summed E-state index contributed by atoms with van der Waals surface area (Å²) in [5.74, 6) is -0.326. The summed E-state index contributed by atoms with van der Waals surface area (Å²) in [5.41, 5.74) is 0.296. The van der Waals surface area contributed by atoms with Gasteiger partial charge in [-0.1, -0.05) is 41.9 Å². The maximum absolute atomic E-state index is 12.9. The van der Waals surface area contributed by atoms with Crippen molar-refractivity contribution in [2.75, 3.05) is 17.7 Å². The SMILES string of the molecule is CNC(=O)c1cc(Oc2ccc(NC(=O)Nc3ccc(Cl)c(C(F)(F)F)c3)cc2)ccn1.O=C(O)Cc1ccccc1. The van der Waals surface area contributed by atoms with Gasteiger partial charge in [-0.25, -0.2) is 4.79 Å². The Kier molecular flexibility index (Phi) is 10.9. The van der Waals surface area contributed by atoms with E-state index in [9.17, 15) is 27.6 Å². The molecular weight excluding hydrogens is 577 g/mol. The summed E-state index contributed by atoms with van der Waals surface area (Å²) in [6.45, 7) is 0. The smallest absolute Gasteiger partial charge is 0.417 e. The van der Waals surface area contributed by atoms with Crippen LogP contribution in [0, 0.1) is 0 Å². The fourth-order valence-corrected chi connectivity index (χ4v) is 3.58. The molecule has 0 atom stereocenters.